The highest BCUT2D eigenvalue weighted by Gasteiger charge is 2.21. The first-order valence-electron chi connectivity index (χ1n) is 4.75. The van der Waals surface area contributed by atoms with Crippen LogP contribution < -0.4 is 0 Å². The quantitative estimate of drug-likeness (QED) is 0.805. The molecule has 0 saturated carbocycles. The Morgan fingerprint density at radius 2 is 2.29 bits per heavy atom. The molecule has 17 heavy (non-hydrogen) atoms. The predicted molar refractivity (Wildman–Crippen MR) is 65.6 cm³/mol. The third-order valence-electron chi connectivity index (χ3n) is 1.99. The number of esters is 1. The number of ether oxygens (including phenoxy) is 1. The van der Waals surface area contributed by atoms with E-state index in [1.54, 1.807) is 12.4 Å². The van der Waals surface area contributed by atoms with Crippen molar-refractivity contribution in [3.63, 3.8) is 0 Å². The molecule has 0 fully saturated rings. The number of hydrogen-bond acceptors (Lipinski definition) is 6. The van der Waals surface area contributed by atoms with E-state index < -0.39 is 5.97 Å². The van der Waals surface area contributed by atoms with Crippen molar-refractivity contribution < 1.29 is 13.9 Å². The molecule has 0 amide bonds. The lowest BCUT2D eigenvalue weighted by Gasteiger charge is -1.99. The lowest BCUT2D eigenvalue weighted by molar-refractivity contribution is 0.0520. The number of nitrogens with zero attached hydrogens (tertiary/aromatic N) is 2. The zero-order valence-corrected chi connectivity index (χ0v) is 10.9. The maximum absolute atomic E-state index is 11.6. The molecule has 0 radical (unpaired) electrons. The van der Waals surface area contributed by atoms with E-state index in [1.807, 2.05) is 6.92 Å². The number of aromatic nitrogens is 2. The van der Waals surface area contributed by atoms with Gasteiger partial charge in [-0.05, 0) is 13.8 Å². The van der Waals surface area contributed by atoms with Crippen molar-refractivity contribution >= 4 is 29.7 Å². The first-order chi connectivity index (χ1) is 7.74. The summed E-state index contributed by atoms with van der Waals surface area (Å²) in [4.78, 5) is 20.3. The number of aryl methyl sites for hydroxylation is 1. The zero-order chi connectivity index (χ0) is 11.5. The van der Waals surface area contributed by atoms with Crippen LogP contribution in [0.3, 0.4) is 0 Å². The number of carbonyl (C=O) groups excluding carboxylic acids is 1. The van der Waals surface area contributed by atoms with E-state index in [9.17, 15) is 4.79 Å². The number of oxazole rings is 1. The summed E-state index contributed by atoms with van der Waals surface area (Å²) in [5.41, 5.74) is 2.71. The van der Waals surface area contributed by atoms with Crippen molar-refractivity contribution in [1.82, 2.24) is 9.97 Å². The van der Waals surface area contributed by atoms with Crippen LogP contribution >= 0.6 is 23.7 Å². The molecular formula is C10H11ClN2O3S. The van der Waals surface area contributed by atoms with Crippen LogP contribution in [0.4, 0.5) is 0 Å². The van der Waals surface area contributed by atoms with Crippen LogP contribution in [0.25, 0.3) is 10.6 Å². The monoisotopic (exact) mass is 274 g/mol. The molecule has 2 aromatic rings. The molecule has 0 N–H and O–H groups in total. The Hall–Kier alpha value is -1.40. The van der Waals surface area contributed by atoms with Crippen LogP contribution in [0.2, 0.25) is 0 Å². The topological polar surface area (TPSA) is 65.2 Å². The summed E-state index contributed by atoms with van der Waals surface area (Å²) >= 11 is 1.40. The van der Waals surface area contributed by atoms with Crippen LogP contribution in [0.5, 0.6) is 0 Å². The van der Waals surface area contributed by atoms with Gasteiger partial charge in [0.1, 0.15) is 0 Å². The second kappa shape index (κ2) is 5.79. The largest absolute Gasteiger partial charge is 0.461 e. The highest BCUT2D eigenvalue weighted by molar-refractivity contribution is 7.13. The fourth-order valence-corrected chi connectivity index (χ4v) is 2.06. The fraction of sp³-hybridized carbons (Fsp3) is 0.300. The van der Waals surface area contributed by atoms with Gasteiger partial charge in [-0.1, -0.05) is 0 Å². The maximum atomic E-state index is 11.6. The van der Waals surface area contributed by atoms with Gasteiger partial charge in [0.15, 0.2) is 17.8 Å². The van der Waals surface area contributed by atoms with Crippen LogP contribution in [0.1, 0.15) is 23.1 Å². The molecule has 5 nitrogen and oxygen atoms in total. The average Bonchev–Trinajstić information content (AvgIpc) is 2.85. The minimum atomic E-state index is -0.473. The maximum Gasteiger partial charge on any atom is 0.361 e. The molecule has 0 aliphatic heterocycles. The van der Waals surface area contributed by atoms with Gasteiger partial charge in [0.2, 0.25) is 0 Å². The van der Waals surface area contributed by atoms with Gasteiger partial charge in [-0.3, -0.25) is 0 Å². The van der Waals surface area contributed by atoms with Gasteiger partial charge in [0.25, 0.3) is 0 Å². The van der Waals surface area contributed by atoms with Crippen molar-refractivity contribution in [2.75, 3.05) is 6.61 Å². The Bertz CT molecular complexity index is 509. The van der Waals surface area contributed by atoms with Crippen molar-refractivity contribution in [2.45, 2.75) is 13.8 Å². The molecule has 0 spiro atoms. The normalized spacial score (nSPS) is 9.76. The second-order valence-corrected chi connectivity index (χ2v) is 3.87. The number of thiazole rings is 1. The van der Waals surface area contributed by atoms with E-state index in [4.69, 9.17) is 9.15 Å². The van der Waals surface area contributed by atoms with Gasteiger partial charge in [0.05, 0.1) is 22.7 Å². The van der Waals surface area contributed by atoms with Crippen LogP contribution in [0.15, 0.2) is 16.3 Å². The van der Waals surface area contributed by atoms with E-state index in [1.165, 1.54) is 17.7 Å². The zero-order valence-electron chi connectivity index (χ0n) is 9.30. The van der Waals surface area contributed by atoms with Gasteiger partial charge in [-0.15, -0.1) is 23.7 Å². The molecule has 7 heteroatoms. The number of hydrogen-bond donors (Lipinski definition) is 0. The van der Waals surface area contributed by atoms with E-state index in [-0.39, 0.29) is 18.1 Å². The lowest BCUT2D eigenvalue weighted by Crippen LogP contribution is -2.06. The highest BCUT2D eigenvalue weighted by Crippen LogP contribution is 2.29. The molecule has 2 aromatic heterocycles. The fourth-order valence-electron chi connectivity index (χ4n) is 1.27. The van der Waals surface area contributed by atoms with Crippen molar-refractivity contribution in [3.8, 4) is 10.6 Å². The molecule has 0 atom stereocenters. The minimum Gasteiger partial charge on any atom is -0.461 e. The summed E-state index contributed by atoms with van der Waals surface area (Å²) in [7, 11) is 0. The molecular weight excluding hydrogens is 264 g/mol. The third-order valence-corrected chi connectivity index (χ3v) is 2.92. The van der Waals surface area contributed by atoms with Crippen LogP contribution in [0, 0.1) is 6.92 Å². The number of rotatable bonds is 3. The Balaban J connectivity index is 0.00000144. The van der Waals surface area contributed by atoms with Crippen molar-refractivity contribution in [2.24, 2.45) is 0 Å². The van der Waals surface area contributed by atoms with Gasteiger partial charge in [0, 0.05) is 0 Å². The predicted octanol–water partition coefficient (Wildman–Crippen LogP) is 2.71. The van der Waals surface area contributed by atoms with Crippen molar-refractivity contribution in [3.05, 3.63) is 23.3 Å². The Morgan fingerprint density at radius 1 is 1.53 bits per heavy atom. The molecule has 0 saturated heterocycles. The Labute approximate surface area is 108 Å². The first kappa shape index (κ1) is 13.7. The van der Waals surface area contributed by atoms with E-state index >= 15 is 0 Å². The van der Waals surface area contributed by atoms with Gasteiger partial charge in [-0.2, -0.15) is 0 Å². The molecule has 92 valence electrons. The summed E-state index contributed by atoms with van der Waals surface area (Å²) in [6.45, 7) is 3.91. The average molecular weight is 275 g/mol. The van der Waals surface area contributed by atoms with E-state index in [0.717, 1.165) is 10.6 Å². The second-order valence-electron chi connectivity index (χ2n) is 3.02. The van der Waals surface area contributed by atoms with Gasteiger partial charge < -0.3 is 9.15 Å². The highest BCUT2D eigenvalue weighted by atomic mass is 35.5. The summed E-state index contributed by atoms with van der Waals surface area (Å²) in [5.74, 6) is -0.0440. The van der Waals surface area contributed by atoms with Crippen LogP contribution in [-0.4, -0.2) is 22.5 Å². The summed E-state index contributed by atoms with van der Waals surface area (Å²) in [5, 5.41) is 0. The third kappa shape index (κ3) is 2.65. The SMILES string of the molecule is CCOC(=O)c1ncoc1-c1scnc1C.Cl. The molecule has 2 heterocycles. The summed E-state index contributed by atoms with van der Waals surface area (Å²) < 4.78 is 10.1. The number of carbonyl (C=O) groups is 1. The molecule has 0 aliphatic carbocycles. The first-order valence-corrected chi connectivity index (χ1v) is 5.63. The Morgan fingerprint density at radius 3 is 2.88 bits per heavy atom. The molecule has 0 aromatic carbocycles. The molecule has 0 aliphatic rings. The smallest absolute Gasteiger partial charge is 0.361 e. The van der Waals surface area contributed by atoms with E-state index in [0.29, 0.717) is 12.4 Å². The lowest BCUT2D eigenvalue weighted by atomic mass is 10.2. The molecule has 0 unspecified atom stereocenters. The summed E-state index contributed by atoms with van der Waals surface area (Å²) in [6.07, 6.45) is 1.24. The number of halogens is 1. The molecule has 2 rings (SSSR count). The van der Waals surface area contributed by atoms with Gasteiger partial charge >= 0.3 is 5.97 Å². The van der Waals surface area contributed by atoms with E-state index in [2.05, 4.69) is 9.97 Å². The standard InChI is InChI=1S/C10H10N2O3S.ClH/c1-3-14-10(13)7-8(15-4-11-7)9-6(2)12-5-16-9;/h4-5H,3H2,1-2H3;1H. The van der Waals surface area contributed by atoms with Crippen LogP contribution in [-0.2, 0) is 4.74 Å². The summed E-state index contributed by atoms with van der Waals surface area (Å²) in [6, 6.07) is 0. The molecule has 0 bridgehead atoms. The van der Waals surface area contributed by atoms with Crippen molar-refractivity contribution in [1.29, 1.82) is 0 Å². The minimum absolute atomic E-state index is 0. The Kier molecular flexibility index (Phi) is 4.65. The van der Waals surface area contributed by atoms with Gasteiger partial charge in [-0.25, -0.2) is 14.8 Å².